The van der Waals surface area contributed by atoms with E-state index in [0.29, 0.717) is 26.1 Å². The average Bonchev–Trinajstić information content (AvgIpc) is 2.68. The van der Waals surface area contributed by atoms with Crippen molar-refractivity contribution in [3.63, 3.8) is 0 Å². The molecular formula is C16H23ClN4O6S. The first-order valence-electron chi connectivity index (χ1n) is 8.65. The lowest BCUT2D eigenvalue weighted by Crippen LogP contribution is -2.61. The van der Waals surface area contributed by atoms with E-state index in [1.165, 1.54) is 22.5 Å². The number of nitro groups is 1. The van der Waals surface area contributed by atoms with Crippen molar-refractivity contribution in [1.82, 2.24) is 9.21 Å². The molecule has 2 fully saturated rings. The van der Waals surface area contributed by atoms with Crippen LogP contribution >= 0.6 is 12.4 Å². The molecule has 2 N–H and O–H groups in total. The van der Waals surface area contributed by atoms with E-state index in [4.69, 9.17) is 10.5 Å². The molecule has 0 aliphatic carbocycles. The number of amides is 1. The molecule has 0 saturated carbocycles. The third-order valence-corrected chi connectivity index (χ3v) is 6.90. The number of hydrogen-bond acceptors (Lipinski definition) is 7. The molecule has 2 aliphatic heterocycles. The lowest BCUT2D eigenvalue weighted by atomic mass is 9.89. The Morgan fingerprint density at radius 1 is 1.18 bits per heavy atom. The number of carbonyl (C=O) groups excluding carboxylic acids is 1. The minimum absolute atomic E-state index is 0. The van der Waals surface area contributed by atoms with Crippen LogP contribution in [-0.4, -0.2) is 73.4 Å². The number of nitrogens with zero attached hydrogens (tertiary/aromatic N) is 3. The Kier molecular flexibility index (Phi) is 6.99. The summed E-state index contributed by atoms with van der Waals surface area (Å²) >= 11 is 0. The maximum Gasteiger partial charge on any atom is 0.270 e. The quantitative estimate of drug-likeness (QED) is 0.533. The van der Waals surface area contributed by atoms with Gasteiger partial charge in [-0.25, -0.2) is 8.42 Å². The van der Waals surface area contributed by atoms with Crippen molar-refractivity contribution in [2.24, 2.45) is 5.73 Å². The summed E-state index contributed by atoms with van der Waals surface area (Å²) in [5.74, 6) is -0.182. The van der Waals surface area contributed by atoms with Gasteiger partial charge >= 0.3 is 0 Å². The summed E-state index contributed by atoms with van der Waals surface area (Å²) in [6.07, 6.45) is 0.885. The SMILES string of the molecule is Cl.NC1(C(=O)N2CCN(S(=O)(=O)c3cccc([N+](=O)[O-])c3)CC2)CCOCC1. The predicted octanol–water partition coefficient (Wildman–Crippen LogP) is 0.357. The fraction of sp³-hybridized carbons (Fsp3) is 0.562. The van der Waals surface area contributed by atoms with Gasteiger partial charge in [-0.3, -0.25) is 14.9 Å². The molecule has 2 saturated heterocycles. The number of benzene rings is 1. The van der Waals surface area contributed by atoms with Gasteiger partial charge in [-0.1, -0.05) is 6.07 Å². The van der Waals surface area contributed by atoms with Crippen LogP contribution in [0.1, 0.15) is 12.8 Å². The number of nitro benzene ring substituents is 1. The summed E-state index contributed by atoms with van der Waals surface area (Å²) in [7, 11) is -3.87. The zero-order chi connectivity index (χ0) is 19.7. The van der Waals surface area contributed by atoms with Crippen molar-refractivity contribution in [2.45, 2.75) is 23.3 Å². The van der Waals surface area contributed by atoms with Crippen LogP contribution in [0.15, 0.2) is 29.2 Å². The zero-order valence-corrected chi connectivity index (χ0v) is 16.8. The van der Waals surface area contributed by atoms with Gasteiger partial charge in [-0.2, -0.15) is 4.31 Å². The lowest BCUT2D eigenvalue weighted by Gasteiger charge is -2.40. The molecule has 156 valence electrons. The molecule has 2 heterocycles. The van der Waals surface area contributed by atoms with Crippen LogP contribution in [0, 0.1) is 10.1 Å². The highest BCUT2D eigenvalue weighted by Crippen LogP contribution is 2.24. The fourth-order valence-electron chi connectivity index (χ4n) is 3.30. The van der Waals surface area contributed by atoms with Gasteiger partial charge in [0.1, 0.15) is 0 Å². The Bertz CT molecular complexity index is 835. The van der Waals surface area contributed by atoms with Crippen molar-refractivity contribution < 1.29 is 22.9 Å². The average molecular weight is 435 g/mol. The molecule has 2 aliphatic rings. The molecule has 0 atom stereocenters. The molecule has 0 aromatic heterocycles. The Labute approximate surface area is 169 Å². The van der Waals surface area contributed by atoms with Crippen molar-refractivity contribution in [3.8, 4) is 0 Å². The smallest absolute Gasteiger partial charge is 0.270 e. The maximum absolute atomic E-state index is 12.8. The molecule has 12 heteroatoms. The topological polar surface area (TPSA) is 136 Å². The molecule has 1 aromatic carbocycles. The number of non-ortho nitro benzene ring substituents is 1. The first-order valence-corrected chi connectivity index (χ1v) is 10.1. The second kappa shape index (κ2) is 8.70. The highest BCUT2D eigenvalue weighted by Gasteiger charge is 2.40. The fourth-order valence-corrected chi connectivity index (χ4v) is 4.76. The predicted molar refractivity (Wildman–Crippen MR) is 103 cm³/mol. The van der Waals surface area contributed by atoms with E-state index in [1.807, 2.05) is 0 Å². The van der Waals surface area contributed by atoms with Crippen LogP contribution in [0.2, 0.25) is 0 Å². The van der Waals surface area contributed by atoms with E-state index in [2.05, 4.69) is 0 Å². The number of carbonyl (C=O) groups is 1. The van der Waals surface area contributed by atoms with Crippen molar-refractivity contribution in [1.29, 1.82) is 0 Å². The number of piperazine rings is 1. The van der Waals surface area contributed by atoms with Crippen molar-refractivity contribution >= 4 is 34.0 Å². The van der Waals surface area contributed by atoms with Crippen molar-refractivity contribution in [3.05, 3.63) is 34.4 Å². The number of ether oxygens (including phenoxy) is 1. The van der Waals surface area contributed by atoms with Gasteiger partial charge in [0.25, 0.3) is 5.69 Å². The number of rotatable bonds is 4. The largest absolute Gasteiger partial charge is 0.381 e. The minimum atomic E-state index is -3.87. The standard InChI is InChI=1S/C16H22N4O6S.ClH/c17-16(4-10-26-11-5-16)15(21)18-6-8-19(9-7-18)27(24,25)14-3-1-2-13(12-14)20(22)23;/h1-3,12H,4-11,17H2;1H. The first-order chi connectivity index (χ1) is 12.7. The summed E-state index contributed by atoms with van der Waals surface area (Å²) in [6.45, 7) is 1.55. The molecule has 3 rings (SSSR count). The van der Waals surface area contributed by atoms with E-state index >= 15 is 0 Å². The lowest BCUT2D eigenvalue weighted by molar-refractivity contribution is -0.385. The van der Waals surface area contributed by atoms with Gasteiger partial charge in [0, 0.05) is 51.5 Å². The molecule has 0 radical (unpaired) electrons. The normalized spacial score (nSPS) is 20.2. The molecule has 28 heavy (non-hydrogen) atoms. The summed E-state index contributed by atoms with van der Waals surface area (Å²) in [4.78, 5) is 24.4. The summed E-state index contributed by atoms with van der Waals surface area (Å²) in [6, 6.07) is 4.96. The Morgan fingerprint density at radius 3 is 2.36 bits per heavy atom. The van der Waals surface area contributed by atoms with E-state index in [-0.39, 0.29) is 55.1 Å². The second-order valence-electron chi connectivity index (χ2n) is 6.72. The Balaban J connectivity index is 0.00000280. The van der Waals surface area contributed by atoms with E-state index in [9.17, 15) is 23.3 Å². The van der Waals surface area contributed by atoms with Gasteiger partial charge in [-0.15, -0.1) is 12.4 Å². The summed E-state index contributed by atoms with van der Waals surface area (Å²) in [5, 5.41) is 10.9. The van der Waals surface area contributed by atoms with Crippen LogP contribution in [-0.2, 0) is 19.6 Å². The van der Waals surface area contributed by atoms with Crippen LogP contribution in [0.4, 0.5) is 5.69 Å². The molecule has 0 spiro atoms. The molecule has 10 nitrogen and oxygen atoms in total. The highest BCUT2D eigenvalue weighted by molar-refractivity contribution is 7.89. The number of nitrogens with two attached hydrogens (primary N) is 1. The van der Waals surface area contributed by atoms with Gasteiger partial charge < -0.3 is 15.4 Å². The molecule has 0 bridgehead atoms. The summed E-state index contributed by atoms with van der Waals surface area (Å²) in [5.41, 5.74) is 4.98. The Hall–Kier alpha value is -1.79. The third-order valence-electron chi connectivity index (χ3n) is 5.00. The monoisotopic (exact) mass is 434 g/mol. The van der Waals surface area contributed by atoms with Gasteiger partial charge in [0.2, 0.25) is 15.9 Å². The van der Waals surface area contributed by atoms with Gasteiger partial charge in [0.05, 0.1) is 15.4 Å². The maximum atomic E-state index is 12.8. The molecular weight excluding hydrogens is 412 g/mol. The number of hydrogen-bond donors (Lipinski definition) is 1. The second-order valence-corrected chi connectivity index (χ2v) is 8.66. The minimum Gasteiger partial charge on any atom is -0.381 e. The van der Waals surface area contributed by atoms with E-state index < -0.39 is 20.5 Å². The van der Waals surface area contributed by atoms with E-state index in [0.717, 1.165) is 6.07 Å². The first kappa shape index (κ1) is 22.5. The Morgan fingerprint density at radius 2 is 1.79 bits per heavy atom. The molecule has 1 amide bonds. The van der Waals surface area contributed by atoms with Gasteiger partial charge in [-0.05, 0) is 18.9 Å². The highest BCUT2D eigenvalue weighted by atomic mass is 35.5. The van der Waals surface area contributed by atoms with Crippen LogP contribution < -0.4 is 5.73 Å². The molecule has 0 unspecified atom stereocenters. The van der Waals surface area contributed by atoms with Crippen LogP contribution in [0.3, 0.4) is 0 Å². The summed E-state index contributed by atoms with van der Waals surface area (Å²) < 4.78 is 32.0. The van der Waals surface area contributed by atoms with E-state index in [1.54, 1.807) is 4.90 Å². The van der Waals surface area contributed by atoms with Crippen LogP contribution in [0.25, 0.3) is 0 Å². The molecule has 1 aromatic rings. The van der Waals surface area contributed by atoms with Gasteiger partial charge in [0.15, 0.2) is 0 Å². The zero-order valence-electron chi connectivity index (χ0n) is 15.2. The van der Waals surface area contributed by atoms with Crippen molar-refractivity contribution in [2.75, 3.05) is 39.4 Å². The van der Waals surface area contributed by atoms with Crippen LogP contribution in [0.5, 0.6) is 0 Å². The third kappa shape index (κ3) is 4.44. The number of sulfonamides is 1. The number of halogens is 1.